The molecule has 0 aromatic carbocycles. The van der Waals surface area contributed by atoms with Gasteiger partial charge in [0.1, 0.15) is 5.00 Å². The largest absolute Gasteiger partial charge is 0.755 e. The summed E-state index contributed by atoms with van der Waals surface area (Å²) in [5, 5.41) is 0.525. The first-order chi connectivity index (χ1) is 5.09. The van der Waals surface area contributed by atoms with Gasteiger partial charge in [0.15, 0.2) is 10.3 Å². The topological polar surface area (TPSA) is 91.1 Å². The molecule has 0 saturated carbocycles. The van der Waals surface area contributed by atoms with Crippen molar-refractivity contribution in [3.8, 4) is 0 Å². The van der Waals surface area contributed by atoms with Crippen LogP contribution in [0.3, 0.4) is 0 Å². The third kappa shape index (κ3) is 2.29. The first kappa shape index (κ1) is 8.72. The lowest BCUT2D eigenvalue weighted by Crippen LogP contribution is -2.00. The van der Waals surface area contributed by atoms with Crippen LogP contribution in [0.2, 0.25) is 5.15 Å². The molecule has 0 aliphatic carbocycles. The lowest BCUT2D eigenvalue weighted by Gasteiger charge is -2.04. The van der Waals surface area contributed by atoms with E-state index in [1.54, 1.807) is 0 Å². The van der Waals surface area contributed by atoms with E-state index in [2.05, 4.69) is 9.71 Å². The first-order valence-electron chi connectivity index (χ1n) is 2.37. The average Bonchev–Trinajstić information content (AvgIpc) is 2.09. The van der Waals surface area contributed by atoms with Gasteiger partial charge in [-0.2, -0.15) is 0 Å². The number of rotatable bonds is 2. The summed E-state index contributed by atoms with van der Waals surface area (Å²) in [6.07, 6.45) is 0. The minimum absolute atomic E-state index is 0.0664. The maximum atomic E-state index is 10.1. The number of nitrogens with zero attached hydrogens (tertiary/aromatic N) is 1. The Labute approximate surface area is 74.0 Å². The first-order valence-corrected chi connectivity index (χ1v) is 4.64. The Morgan fingerprint density at radius 3 is 2.82 bits per heavy atom. The summed E-state index contributed by atoms with van der Waals surface area (Å²) in [6.45, 7) is 0. The van der Waals surface area contributed by atoms with Crippen molar-refractivity contribution < 1.29 is 8.76 Å². The van der Waals surface area contributed by atoms with Crippen molar-refractivity contribution >= 4 is 44.3 Å². The van der Waals surface area contributed by atoms with E-state index in [0.717, 1.165) is 11.3 Å². The molecule has 0 radical (unpaired) electrons. The number of nitrogens with two attached hydrogens (primary N) is 1. The smallest absolute Gasteiger partial charge is 0.183 e. The molecule has 1 rings (SSSR count). The fourth-order valence-corrected chi connectivity index (χ4v) is 1.91. The quantitative estimate of drug-likeness (QED) is 0.702. The van der Waals surface area contributed by atoms with E-state index < -0.39 is 11.3 Å². The van der Waals surface area contributed by atoms with Crippen LogP contribution in [-0.2, 0) is 11.3 Å². The Hall–Kier alpha value is -0.370. The Morgan fingerprint density at radius 2 is 2.45 bits per heavy atom. The third-order valence-electron chi connectivity index (χ3n) is 0.778. The number of nitrogens with one attached hydrogen (secondary N) is 1. The third-order valence-corrected chi connectivity index (χ3v) is 2.46. The van der Waals surface area contributed by atoms with Gasteiger partial charge in [0.2, 0.25) is 0 Å². The van der Waals surface area contributed by atoms with Crippen LogP contribution in [0.1, 0.15) is 0 Å². The zero-order valence-corrected chi connectivity index (χ0v) is 7.42. The van der Waals surface area contributed by atoms with Crippen molar-refractivity contribution in [2.24, 2.45) is 0 Å². The van der Waals surface area contributed by atoms with E-state index in [0.29, 0.717) is 0 Å². The molecule has 1 unspecified atom stereocenters. The summed E-state index contributed by atoms with van der Waals surface area (Å²) in [5.74, 6) is 0. The van der Waals surface area contributed by atoms with Crippen molar-refractivity contribution in [1.82, 2.24) is 4.98 Å². The number of thiazole rings is 1. The van der Waals surface area contributed by atoms with Crippen LogP contribution < -0.4 is 10.5 Å². The number of anilines is 2. The number of aromatic nitrogens is 1. The second-order valence-electron chi connectivity index (χ2n) is 1.51. The van der Waals surface area contributed by atoms with Crippen molar-refractivity contribution in [2.75, 3.05) is 10.5 Å². The second kappa shape index (κ2) is 3.35. The van der Waals surface area contributed by atoms with Gasteiger partial charge in [-0.15, -0.1) is 0 Å². The summed E-state index contributed by atoms with van der Waals surface area (Å²) in [7, 11) is 0. The highest BCUT2D eigenvalue weighted by Crippen LogP contribution is 2.30. The van der Waals surface area contributed by atoms with Crippen LogP contribution >= 0.6 is 22.9 Å². The molecule has 0 spiro atoms. The van der Waals surface area contributed by atoms with Gasteiger partial charge in [0.05, 0.1) is 0 Å². The monoisotopic (exact) mass is 212 g/mol. The highest BCUT2D eigenvalue weighted by Gasteiger charge is 2.05. The van der Waals surface area contributed by atoms with Gasteiger partial charge in [-0.1, -0.05) is 22.9 Å². The lowest BCUT2D eigenvalue weighted by atomic mass is 10.9. The Balaban J connectivity index is 2.85. The molecular formula is C3H3ClN3O2S2-. The molecule has 8 heteroatoms. The highest BCUT2D eigenvalue weighted by molar-refractivity contribution is 7.80. The van der Waals surface area contributed by atoms with E-state index in [4.69, 9.17) is 17.3 Å². The maximum absolute atomic E-state index is 10.1. The molecule has 11 heavy (non-hydrogen) atoms. The zero-order chi connectivity index (χ0) is 8.43. The minimum atomic E-state index is -2.38. The van der Waals surface area contributed by atoms with Gasteiger partial charge in [-0.3, -0.25) is 4.21 Å². The van der Waals surface area contributed by atoms with Crippen LogP contribution in [0, 0.1) is 0 Å². The summed E-state index contributed by atoms with van der Waals surface area (Å²) in [4.78, 5) is 3.59. The fourth-order valence-electron chi connectivity index (χ4n) is 0.456. The minimum Gasteiger partial charge on any atom is -0.755 e. The second-order valence-corrected chi connectivity index (χ2v) is 3.57. The molecular weight excluding hydrogens is 210 g/mol. The number of hydrogen-bond acceptors (Lipinski definition) is 5. The van der Waals surface area contributed by atoms with Crippen LogP contribution in [-0.4, -0.2) is 13.7 Å². The SMILES string of the molecule is Nc1nc(Cl)c(NS(=O)[O-])s1. The summed E-state index contributed by atoms with van der Waals surface area (Å²) in [5.41, 5.74) is 5.24. The van der Waals surface area contributed by atoms with E-state index in [9.17, 15) is 8.76 Å². The Kier molecular flexibility index (Phi) is 2.66. The van der Waals surface area contributed by atoms with Gasteiger partial charge >= 0.3 is 0 Å². The van der Waals surface area contributed by atoms with Gasteiger partial charge in [-0.25, -0.2) is 4.98 Å². The van der Waals surface area contributed by atoms with E-state index >= 15 is 0 Å². The molecule has 1 aromatic rings. The average molecular weight is 213 g/mol. The van der Waals surface area contributed by atoms with E-state index in [1.165, 1.54) is 0 Å². The molecule has 0 bridgehead atoms. The molecule has 0 amide bonds. The van der Waals surface area contributed by atoms with Gasteiger partial charge in [0.25, 0.3) is 0 Å². The summed E-state index contributed by atoms with van der Waals surface area (Å²) in [6, 6.07) is 0. The standard InChI is InChI=1S/C3H4ClN3O2S2/c4-1-2(7-11(8)9)10-3(5)6-1/h7H,(H2,5,6)(H,8,9)/p-1. The molecule has 0 fully saturated rings. The van der Waals surface area contributed by atoms with Crippen molar-refractivity contribution in [3.05, 3.63) is 5.15 Å². The van der Waals surface area contributed by atoms with Gasteiger partial charge in [0, 0.05) is 11.3 Å². The van der Waals surface area contributed by atoms with Crippen molar-refractivity contribution in [3.63, 3.8) is 0 Å². The van der Waals surface area contributed by atoms with E-state index in [1.807, 2.05) is 0 Å². The zero-order valence-electron chi connectivity index (χ0n) is 5.04. The molecule has 1 atom stereocenters. The Morgan fingerprint density at radius 1 is 1.82 bits per heavy atom. The highest BCUT2D eigenvalue weighted by atomic mass is 35.5. The molecule has 1 heterocycles. The predicted octanol–water partition coefficient (Wildman–Crippen LogP) is 0.585. The van der Waals surface area contributed by atoms with Crippen LogP contribution in [0.5, 0.6) is 0 Å². The molecule has 0 aliphatic rings. The lowest BCUT2D eigenvalue weighted by molar-refractivity contribution is 0.543. The number of nitrogen functional groups attached to an aromatic ring is 1. The van der Waals surface area contributed by atoms with Crippen LogP contribution in [0.4, 0.5) is 10.1 Å². The van der Waals surface area contributed by atoms with Gasteiger partial charge < -0.3 is 15.0 Å². The molecule has 1 aromatic heterocycles. The molecule has 3 N–H and O–H groups in total. The predicted molar refractivity (Wildman–Crippen MR) is 44.1 cm³/mol. The normalized spacial score (nSPS) is 12.9. The number of hydrogen-bond donors (Lipinski definition) is 2. The summed E-state index contributed by atoms with van der Waals surface area (Å²) >= 11 is 4.06. The Bertz CT molecular complexity index is 288. The fraction of sp³-hybridized carbons (Fsp3) is 0. The molecule has 0 aliphatic heterocycles. The molecule has 62 valence electrons. The molecule has 0 saturated heterocycles. The summed E-state index contributed by atoms with van der Waals surface area (Å²) < 4.78 is 22.3. The van der Waals surface area contributed by atoms with Crippen LogP contribution in [0.15, 0.2) is 0 Å². The van der Waals surface area contributed by atoms with Crippen molar-refractivity contribution in [1.29, 1.82) is 0 Å². The number of halogens is 1. The van der Waals surface area contributed by atoms with Gasteiger partial charge in [-0.05, 0) is 0 Å². The molecule has 5 nitrogen and oxygen atoms in total. The van der Waals surface area contributed by atoms with E-state index in [-0.39, 0.29) is 15.3 Å². The maximum Gasteiger partial charge on any atom is 0.183 e. The van der Waals surface area contributed by atoms with Crippen LogP contribution in [0.25, 0.3) is 0 Å². The van der Waals surface area contributed by atoms with Crippen molar-refractivity contribution in [2.45, 2.75) is 0 Å².